The van der Waals surface area contributed by atoms with Crippen LogP contribution in [0, 0.1) is 13.8 Å². The van der Waals surface area contributed by atoms with Gasteiger partial charge in [-0.05, 0) is 61.7 Å². The molecule has 0 aliphatic carbocycles. The van der Waals surface area contributed by atoms with Crippen LogP contribution in [0.1, 0.15) is 29.7 Å². The van der Waals surface area contributed by atoms with Gasteiger partial charge in [-0.25, -0.2) is 18.0 Å². The van der Waals surface area contributed by atoms with E-state index in [1.807, 2.05) is 13.8 Å². The Labute approximate surface area is 180 Å². The van der Waals surface area contributed by atoms with Gasteiger partial charge in [0.25, 0.3) is 0 Å². The van der Waals surface area contributed by atoms with Crippen LogP contribution >= 0.6 is 0 Å². The minimum atomic E-state index is -3.86. The zero-order valence-corrected chi connectivity index (χ0v) is 18.2. The van der Waals surface area contributed by atoms with Crippen LogP contribution in [0.25, 0.3) is 0 Å². The molecule has 31 heavy (non-hydrogen) atoms. The second-order valence-electron chi connectivity index (χ2n) is 7.24. The molecule has 8 nitrogen and oxygen atoms in total. The lowest BCUT2D eigenvalue weighted by molar-refractivity contribution is -0.139. The number of phenolic OH excluding ortho intramolecular Hbond substituents is 1. The Bertz CT molecular complexity index is 1150. The van der Waals surface area contributed by atoms with Crippen molar-refractivity contribution in [1.29, 1.82) is 0 Å². The Morgan fingerprint density at radius 2 is 1.77 bits per heavy atom. The fraction of sp³-hybridized carbons (Fsp3) is 0.273. The van der Waals surface area contributed by atoms with Gasteiger partial charge in [0.15, 0.2) is 9.84 Å². The second kappa shape index (κ2) is 8.81. The number of phenols is 1. The van der Waals surface area contributed by atoms with E-state index < -0.39 is 33.6 Å². The molecule has 0 fully saturated rings. The highest BCUT2D eigenvalue weighted by Gasteiger charge is 2.35. The number of carbonyl (C=O) groups is 2. The van der Waals surface area contributed by atoms with E-state index in [1.165, 1.54) is 18.2 Å². The number of esters is 1. The van der Waals surface area contributed by atoms with Crippen molar-refractivity contribution in [2.45, 2.75) is 31.7 Å². The summed E-state index contributed by atoms with van der Waals surface area (Å²) in [7, 11) is -3.86. The molecule has 9 heteroatoms. The molecule has 2 aromatic carbocycles. The van der Waals surface area contributed by atoms with Gasteiger partial charge in [-0.15, -0.1) is 0 Å². The summed E-state index contributed by atoms with van der Waals surface area (Å²) in [5.41, 5.74) is 2.22. The molecule has 0 saturated carbocycles. The molecule has 1 atom stereocenters. The van der Waals surface area contributed by atoms with Crippen molar-refractivity contribution in [2.24, 2.45) is 0 Å². The normalized spacial score (nSPS) is 16.5. The lowest BCUT2D eigenvalue weighted by atomic mass is 9.95. The van der Waals surface area contributed by atoms with Crippen molar-refractivity contribution in [2.75, 3.05) is 12.4 Å². The largest absolute Gasteiger partial charge is 0.508 e. The van der Waals surface area contributed by atoms with Crippen molar-refractivity contribution in [3.8, 4) is 5.75 Å². The van der Waals surface area contributed by atoms with Crippen molar-refractivity contribution in [3.05, 3.63) is 70.4 Å². The molecule has 1 aliphatic rings. The van der Waals surface area contributed by atoms with Crippen LogP contribution in [0.3, 0.4) is 0 Å². The standard InChI is InChI=1S/C22H24N2O6S/c1-4-30-21(26)19-18(12-31(28,29)17-10-5-13(2)14(3)11-17)23-22(27)24-20(19)15-6-8-16(25)9-7-15/h5-11,20,25H,4,12H2,1-3H3,(H2,23,24,27)/t20-/m1/s1. The van der Waals surface area contributed by atoms with Crippen LogP contribution in [0.2, 0.25) is 0 Å². The van der Waals surface area contributed by atoms with Gasteiger partial charge in [-0.3, -0.25) is 0 Å². The minimum absolute atomic E-state index is 0.000418. The average Bonchev–Trinajstić information content (AvgIpc) is 2.70. The lowest BCUT2D eigenvalue weighted by Crippen LogP contribution is -2.47. The van der Waals surface area contributed by atoms with Crippen LogP contribution in [0.4, 0.5) is 4.79 Å². The number of aromatic hydroxyl groups is 1. The highest BCUT2D eigenvalue weighted by atomic mass is 32.2. The van der Waals surface area contributed by atoms with E-state index in [-0.39, 0.29) is 28.5 Å². The SMILES string of the molecule is CCOC(=O)C1=C(CS(=O)(=O)c2ccc(C)c(C)c2)NC(=O)N[C@@H]1c1ccc(O)cc1. The van der Waals surface area contributed by atoms with E-state index in [9.17, 15) is 23.1 Å². The van der Waals surface area contributed by atoms with Crippen LogP contribution in [0.15, 0.2) is 58.6 Å². The first-order valence-corrected chi connectivity index (χ1v) is 11.3. The van der Waals surface area contributed by atoms with Crippen LogP contribution in [-0.2, 0) is 19.4 Å². The first-order valence-electron chi connectivity index (χ1n) is 9.69. The molecule has 3 rings (SSSR count). The van der Waals surface area contributed by atoms with E-state index in [4.69, 9.17) is 4.74 Å². The smallest absolute Gasteiger partial charge is 0.338 e. The summed E-state index contributed by atoms with van der Waals surface area (Å²) in [6.07, 6.45) is 0. The fourth-order valence-electron chi connectivity index (χ4n) is 3.28. The van der Waals surface area contributed by atoms with Gasteiger partial charge in [0.05, 0.1) is 28.9 Å². The minimum Gasteiger partial charge on any atom is -0.508 e. The Balaban J connectivity index is 2.10. The van der Waals surface area contributed by atoms with Crippen molar-refractivity contribution in [1.82, 2.24) is 10.6 Å². The van der Waals surface area contributed by atoms with Crippen molar-refractivity contribution < 1.29 is 27.9 Å². The molecule has 1 heterocycles. The number of hydrogen-bond donors (Lipinski definition) is 3. The second-order valence-corrected chi connectivity index (χ2v) is 9.23. The summed E-state index contributed by atoms with van der Waals surface area (Å²) < 4.78 is 31.3. The number of urea groups is 1. The lowest BCUT2D eigenvalue weighted by Gasteiger charge is -2.29. The molecule has 1 aliphatic heterocycles. The molecule has 0 spiro atoms. The summed E-state index contributed by atoms with van der Waals surface area (Å²) in [5.74, 6) is -1.30. The third-order valence-electron chi connectivity index (χ3n) is 5.05. The van der Waals surface area contributed by atoms with Gasteiger partial charge in [-0.1, -0.05) is 18.2 Å². The summed E-state index contributed by atoms with van der Waals surface area (Å²) in [5, 5.41) is 14.7. The van der Waals surface area contributed by atoms with E-state index in [2.05, 4.69) is 10.6 Å². The number of aryl methyl sites for hydroxylation is 2. The third kappa shape index (κ3) is 4.88. The van der Waals surface area contributed by atoms with E-state index >= 15 is 0 Å². The van der Waals surface area contributed by atoms with Gasteiger partial charge < -0.3 is 20.5 Å². The zero-order chi connectivity index (χ0) is 22.8. The maximum atomic E-state index is 13.1. The molecular formula is C22H24N2O6S. The maximum Gasteiger partial charge on any atom is 0.338 e. The van der Waals surface area contributed by atoms with E-state index in [1.54, 1.807) is 31.2 Å². The van der Waals surface area contributed by atoms with Crippen molar-refractivity contribution in [3.63, 3.8) is 0 Å². The number of benzene rings is 2. The predicted molar refractivity (Wildman–Crippen MR) is 114 cm³/mol. The molecule has 0 aromatic heterocycles. The molecule has 2 amide bonds. The third-order valence-corrected chi connectivity index (χ3v) is 6.69. The molecule has 0 radical (unpaired) electrons. The Hall–Kier alpha value is -3.33. The summed E-state index contributed by atoms with van der Waals surface area (Å²) >= 11 is 0. The van der Waals surface area contributed by atoms with Gasteiger partial charge in [0.1, 0.15) is 5.75 Å². The molecular weight excluding hydrogens is 420 g/mol. The molecule has 0 saturated heterocycles. The monoisotopic (exact) mass is 444 g/mol. The highest BCUT2D eigenvalue weighted by molar-refractivity contribution is 7.91. The Morgan fingerprint density at radius 3 is 2.39 bits per heavy atom. The molecule has 2 aromatic rings. The van der Waals surface area contributed by atoms with Gasteiger partial charge in [0, 0.05) is 5.70 Å². The van der Waals surface area contributed by atoms with E-state index in [0.717, 1.165) is 11.1 Å². The molecule has 0 unspecified atom stereocenters. The molecule has 3 N–H and O–H groups in total. The Morgan fingerprint density at radius 1 is 1.10 bits per heavy atom. The Kier molecular flexibility index (Phi) is 6.35. The summed E-state index contributed by atoms with van der Waals surface area (Å²) in [4.78, 5) is 25.2. The average molecular weight is 445 g/mol. The number of rotatable bonds is 6. The molecule has 164 valence electrons. The zero-order valence-electron chi connectivity index (χ0n) is 17.4. The van der Waals surface area contributed by atoms with Gasteiger partial charge >= 0.3 is 12.0 Å². The van der Waals surface area contributed by atoms with Gasteiger partial charge in [0.2, 0.25) is 0 Å². The van der Waals surface area contributed by atoms with Crippen molar-refractivity contribution >= 4 is 21.8 Å². The predicted octanol–water partition coefficient (Wildman–Crippen LogP) is 2.65. The van der Waals surface area contributed by atoms with Gasteiger partial charge in [-0.2, -0.15) is 0 Å². The number of nitrogens with one attached hydrogen (secondary N) is 2. The summed E-state index contributed by atoms with van der Waals surface area (Å²) in [6.45, 7) is 5.40. The van der Waals surface area contributed by atoms with Crippen LogP contribution < -0.4 is 10.6 Å². The number of sulfone groups is 1. The van der Waals surface area contributed by atoms with E-state index in [0.29, 0.717) is 5.56 Å². The maximum absolute atomic E-state index is 13.1. The fourth-order valence-corrected chi connectivity index (χ4v) is 4.69. The summed E-state index contributed by atoms with van der Waals surface area (Å²) in [6, 6.07) is 9.12. The first kappa shape index (κ1) is 22.4. The number of hydrogen-bond acceptors (Lipinski definition) is 6. The quantitative estimate of drug-likeness (QED) is 0.589. The van der Waals surface area contributed by atoms with Crippen LogP contribution in [0.5, 0.6) is 5.75 Å². The number of carbonyl (C=O) groups excluding carboxylic acids is 2. The number of ether oxygens (including phenoxy) is 1. The molecule has 0 bridgehead atoms. The number of amides is 2. The topological polar surface area (TPSA) is 122 Å². The first-order chi connectivity index (χ1) is 14.6. The van der Waals surface area contributed by atoms with Crippen LogP contribution in [-0.4, -0.2) is 37.9 Å². The highest BCUT2D eigenvalue weighted by Crippen LogP contribution is 2.30.